The van der Waals surface area contributed by atoms with Gasteiger partial charge in [0.1, 0.15) is 5.82 Å². The van der Waals surface area contributed by atoms with Crippen molar-refractivity contribution in [1.29, 1.82) is 0 Å². The van der Waals surface area contributed by atoms with Crippen LogP contribution in [0.25, 0.3) is 0 Å². The second-order valence-corrected chi connectivity index (χ2v) is 7.92. The minimum absolute atomic E-state index is 0.168. The lowest BCUT2D eigenvalue weighted by Gasteiger charge is -2.20. The van der Waals surface area contributed by atoms with E-state index in [0.29, 0.717) is 13.2 Å². The predicted octanol–water partition coefficient (Wildman–Crippen LogP) is 2.68. The molecule has 0 unspecified atom stereocenters. The number of nitrogens with zero attached hydrogens (tertiary/aromatic N) is 3. The highest BCUT2D eigenvalue weighted by Crippen LogP contribution is 2.31. The van der Waals surface area contributed by atoms with E-state index in [1.165, 1.54) is 19.3 Å². The Morgan fingerprint density at radius 1 is 1.19 bits per heavy atom. The van der Waals surface area contributed by atoms with Crippen LogP contribution in [0.3, 0.4) is 0 Å². The standard InChI is InChI=1S/C13H22ClN3O3S/c1-20-10-9-17-12(15-16-13(17)21(14,18)19)11-7-5-3-2-4-6-8-11/h11H,2-10H2,1H3. The zero-order valence-corrected chi connectivity index (χ0v) is 13.9. The van der Waals surface area contributed by atoms with Gasteiger partial charge in [-0.1, -0.05) is 32.1 Å². The first-order valence-electron chi connectivity index (χ1n) is 7.40. The van der Waals surface area contributed by atoms with E-state index < -0.39 is 9.05 Å². The molecule has 1 aliphatic rings. The van der Waals surface area contributed by atoms with E-state index in [4.69, 9.17) is 15.4 Å². The third-order valence-corrected chi connectivity index (χ3v) is 5.11. The quantitative estimate of drug-likeness (QED) is 0.773. The molecule has 1 fully saturated rings. The van der Waals surface area contributed by atoms with Crippen LogP contribution >= 0.6 is 10.7 Å². The first-order valence-corrected chi connectivity index (χ1v) is 9.71. The van der Waals surface area contributed by atoms with Crippen LogP contribution in [0.15, 0.2) is 5.16 Å². The summed E-state index contributed by atoms with van der Waals surface area (Å²) < 4.78 is 29.9. The van der Waals surface area contributed by atoms with Crippen LogP contribution in [0.1, 0.15) is 56.7 Å². The van der Waals surface area contributed by atoms with Gasteiger partial charge in [0.15, 0.2) is 0 Å². The summed E-state index contributed by atoms with van der Waals surface area (Å²) in [7, 11) is 3.15. The smallest absolute Gasteiger partial charge is 0.296 e. The average molecular weight is 336 g/mol. The largest absolute Gasteiger partial charge is 0.383 e. The lowest BCUT2D eigenvalue weighted by atomic mass is 9.90. The number of aromatic nitrogens is 3. The summed E-state index contributed by atoms with van der Waals surface area (Å²) in [5.41, 5.74) is 0. The predicted molar refractivity (Wildman–Crippen MR) is 80.0 cm³/mol. The molecular formula is C13H22ClN3O3S. The van der Waals surface area contributed by atoms with E-state index in [9.17, 15) is 8.42 Å². The number of halogens is 1. The maximum absolute atomic E-state index is 11.6. The third kappa shape index (κ3) is 4.40. The molecule has 1 heterocycles. The Labute approximate surface area is 130 Å². The minimum Gasteiger partial charge on any atom is -0.383 e. The first-order chi connectivity index (χ1) is 10.0. The molecule has 0 aliphatic heterocycles. The van der Waals surface area contributed by atoms with Crippen molar-refractivity contribution in [3.63, 3.8) is 0 Å². The molecule has 0 bridgehead atoms. The maximum Gasteiger partial charge on any atom is 0.296 e. The zero-order chi connectivity index (χ0) is 15.3. The van der Waals surface area contributed by atoms with Gasteiger partial charge >= 0.3 is 0 Å². The molecule has 0 spiro atoms. The number of hydrogen-bond donors (Lipinski definition) is 0. The van der Waals surface area contributed by atoms with Crippen LogP contribution in [0.4, 0.5) is 0 Å². The summed E-state index contributed by atoms with van der Waals surface area (Å²) >= 11 is 0. The fraction of sp³-hybridized carbons (Fsp3) is 0.846. The number of rotatable bonds is 5. The molecule has 0 N–H and O–H groups in total. The number of hydrogen-bond acceptors (Lipinski definition) is 5. The van der Waals surface area contributed by atoms with Gasteiger partial charge < -0.3 is 4.74 Å². The molecule has 120 valence electrons. The van der Waals surface area contributed by atoms with E-state index in [1.54, 1.807) is 11.7 Å². The highest BCUT2D eigenvalue weighted by atomic mass is 35.7. The second kappa shape index (κ2) is 7.56. The molecule has 6 nitrogen and oxygen atoms in total. The topological polar surface area (TPSA) is 74.1 Å². The summed E-state index contributed by atoms with van der Waals surface area (Å²) in [5, 5.41) is 7.76. The van der Waals surface area contributed by atoms with Crippen molar-refractivity contribution >= 4 is 19.7 Å². The molecule has 2 rings (SSSR count). The van der Waals surface area contributed by atoms with Gasteiger partial charge in [0.2, 0.25) is 0 Å². The fourth-order valence-corrected chi connectivity index (χ4v) is 3.82. The molecule has 8 heteroatoms. The normalized spacial score (nSPS) is 18.4. The van der Waals surface area contributed by atoms with Crippen molar-refractivity contribution < 1.29 is 13.2 Å². The highest BCUT2D eigenvalue weighted by molar-refractivity contribution is 8.13. The number of methoxy groups -OCH3 is 1. The van der Waals surface area contributed by atoms with Gasteiger partial charge in [-0.15, -0.1) is 10.2 Å². The third-order valence-electron chi connectivity index (χ3n) is 3.95. The van der Waals surface area contributed by atoms with Crippen molar-refractivity contribution in [3.05, 3.63) is 5.82 Å². The molecule has 1 aromatic heterocycles. The molecule has 0 aromatic carbocycles. The van der Waals surface area contributed by atoms with Crippen LogP contribution in [0.5, 0.6) is 0 Å². The van der Waals surface area contributed by atoms with Gasteiger partial charge in [-0.3, -0.25) is 4.57 Å². The van der Waals surface area contributed by atoms with Crippen LogP contribution in [0.2, 0.25) is 0 Å². The van der Waals surface area contributed by atoms with Crippen molar-refractivity contribution in [2.45, 2.75) is 62.6 Å². The summed E-state index contributed by atoms with van der Waals surface area (Å²) in [6.07, 6.45) is 8.06. The second-order valence-electron chi connectivity index (χ2n) is 5.47. The van der Waals surface area contributed by atoms with Gasteiger partial charge in [0, 0.05) is 30.3 Å². The van der Waals surface area contributed by atoms with Crippen LogP contribution in [-0.2, 0) is 20.3 Å². The fourth-order valence-electron chi connectivity index (χ4n) is 2.89. The van der Waals surface area contributed by atoms with E-state index in [1.807, 2.05) is 0 Å². The molecule has 21 heavy (non-hydrogen) atoms. The van der Waals surface area contributed by atoms with Crippen LogP contribution < -0.4 is 0 Å². The summed E-state index contributed by atoms with van der Waals surface area (Å²) in [5.74, 6) is 0.981. The molecule has 0 saturated heterocycles. The first kappa shape index (κ1) is 16.7. The molecule has 0 radical (unpaired) electrons. The van der Waals surface area contributed by atoms with Crippen LogP contribution in [0, 0.1) is 0 Å². The SMILES string of the molecule is COCCn1c(C2CCCCCCC2)nnc1S(=O)(=O)Cl. The van der Waals surface area contributed by atoms with Crippen molar-refractivity contribution in [2.75, 3.05) is 13.7 Å². The Morgan fingerprint density at radius 3 is 2.38 bits per heavy atom. The van der Waals surface area contributed by atoms with Crippen molar-refractivity contribution in [3.8, 4) is 0 Å². The van der Waals surface area contributed by atoms with E-state index in [-0.39, 0.29) is 11.1 Å². The minimum atomic E-state index is -3.89. The molecular weight excluding hydrogens is 314 g/mol. The van der Waals surface area contributed by atoms with E-state index in [2.05, 4.69) is 10.2 Å². The van der Waals surface area contributed by atoms with E-state index in [0.717, 1.165) is 31.5 Å². The molecule has 0 amide bonds. The van der Waals surface area contributed by atoms with Gasteiger partial charge in [0.05, 0.1) is 6.61 Å². The molecule has 1 aliphatic carbocycles. The lowest BCUT2D eigenvalue weighted by molar-refractivity contribution is 0.182. The Balaban J connectivity index is 2.30. The Kier molecular flexibility index (Phi) is 6.01. The Morgan fingerprint density at radius 2 is 1.81 bits per heavy atom. The monoisotopic (exact) mass is 335 g/mol. The lowest BCUT2D eigenvalue weighted by Crippen LogP contribution is -2.16. The zero-order valence-electron chi connectivity index (χ0n) is 12.3. The van der Waals surface area contributed by atoms with E-state index >= 15 is 0 Å². The van der Waals surface area contributed by atoms with Gasteiger partial charge in [0.25, 0.3) is 14.2 Å². The number of ether oxygens (including phenoxy) is 1. The average Bonchev–Trinajstić information content (AvgIpc) is 2.79. The maximum atomic E-state index is 11.6. The Bertz CT molecular complexity index is 551. The van der Waals surface area contributed by atoms with Crippen molar-refractivity contribution in [1.82, 2.24) is 14.8 Å². The highest BCUT2D eigenvalue weighted by Gasteiger charge is 2.27. The summed E-state index contributed by atoms with van der Waals surface area (Å²) in [6, 6.07) is 0. The van der Waals surface area contributed by atoms with Gasteiger partial charge in [-0.05, 0) is 12.8 Å². The van der Waals surface area contributed by atoms with Gasteiger partial charge in [-0.2, -0.15) is 0 Å². The van der Waals surface area contributed by atoms with Crippen molar-refractivity contribution in [2.24, 2.45) is 0 Å². The molecule has 1 aromatic rings. The van der Waals surface area contributed by atoms with Crippen LogP contribution in [-0.4, -0.2) is 36.9 Å². The molecule has 1 saturated carbocycles. The van der Waals surface area contributed by atoms with Gasteiger partial charge in [-0.25, -0.2) is 8.42 Å². The summed E-state index contributed by atoms with van der Waals surface area (Å²) in [4.78, 5) is 0. The molecule has 0 atom stereocenters. The Hall–Kier alpha value is -0.660. The summed E-state index contributed by atoms with van der Waals surface area (Å²) in [6.45, 7) is 0.799.